The van der Waals surface area contributed by atoms with Crippen LogP contribution in [0.15, 0.2) is 36.5 Å². The molecule has 1 N–H and O–H groups in total. The zero-order valence-corrected chi connectivity index (χ0v) is 11.6. The Balaban J connectivity index is 2.31. The summed E-state index contributed by atoms with van der Waals surface area (Å²) in [7, 11) is 0. The third-order valence-electron chi connectivity index (χ3n) is 3.31. The molecule has 0 radical (unpaired) electrons. The van der Waals surface area contributed by atoms with Gasteiger partial charge in [-0.1, -0.05) is 31.2 Å². The molecular formula is C16H17NO3. The molecule has 0 saturated heterocycles. The van der Waals surface area contributed by atoms with Crippen molar-refractivity contribution in [1.29, 1.82) is 0 Å². The lowest BCUT2D eigenvalue weighted by atomic mass is 10.1. The normalized spacial score (nSPS) is 10.5. The monoisotopic (exact) mass is 271 g/mol. The van der Waals surface area contributed by atoms with Gasteiger partial charge in [0.15, 0.2) is 5.78 Å². The Hall–Kier alpha value is -2.36. The molecule has 0 saturated carbocycles. The lowest BCUT2D eigenvalue weighted by Gasteiger charge is -2.07. The highest BCUT2D eigenvalue weighted by atomic mass is 16.4. The number of ketones is 1. The van der Waals surface area contributed by atoms with Gasteiger partial charge in [-0.15, -0.1) is 0 Å². The Morgan fingerprint density at radius 3 is 2.25 bits per heavy atom. The lowest BCUT2D eigenvalue weighted by Crippen LogP contribution is -2.08. The Bertz CT molecular complexity index is 638. The summed E-state index contributed by atoms with van der Waals surface area (Å²) in [6.45, 7) is 3.96. The van der Waals surface area contributed by atoms with Crippen LogP contribution < -0.4 is 0 Å². The molecule has 4 nitrogen and oxygen atoms in total. The van der Waals surface area contributed by atoms with Crippen LogP contribution in [0.3, 0.4) is 0 Å². The number of aryl methyl sites for hydroxylation is 1. The maximum absolute atomic E-state index is 11.4. The standard InChI is InChI=1S/C16H17NO3/c1-3-12-4-6-13(7-5-12)9-17-10-14(11(2)18)8-15(17)16(19)20/h4-8,10H,3,9H2,1-2H3,(H,19,20). The third kappa shape index (κ3) is 2.96. The van der Waals surface area contributed by atoms with E-state index in [2.05, 4.69) is 6.92 Å². The highest BCUT2D eigenvalue weighted by Crippen LogP contribution is 2.14. The summed E-state index contributed by atoms with van der Waals surface area (Å²) < 4.78 is 1.60. The zero-order chi connectivity index (χ0) is 14.7. The molecule has 0 aliphatic heterocycles. The molecule has 0 aliphatic carbocycles. The van der Waals surface area contributed by atoms with Crippen molar-refractivity contribution >= 4 is 11.8 Å². The summed E-state index contributed by atoms with van der Waals surface area (Å²) in [4.78, 5) is 22.6. The Morgan fingerprint density at radius 2 is 1.75 bits per heavy atom. The van der Waals surface area contributed by atoms with Crippen LogP contribution in [0.25, 0.3) is 0 Å². The number of carbonyl (C=O) groups excluding carboxylic acids is 1. The van der Waals surface area contributed by atoms with Crippen LogP contribution in [0.1, 0.15) is 45.8 Å². The fraction of sp³-hybridized carbons (Fsp3) is 0.250. The lowest BCUT2D eigenvalue weighted by molar-refractivity contribution is 0.0685. The molecule has 0 unspecified atom stereocenters. The van der Waals surface area contributed by atoms with Crippen molar-refractivity contribution in [3.8, 4) is 0 Å². The molecular weight excluding hydrogens is 254 g/mol. The van der Waals surface area contributed by atoms with E-state index >= 15 is 0 Å². The van der Waals surface area contributed by atoms with Gasteiger partial charge < -0.3 is 9.67 Å². The van der Waals surface area contributed by atoms with Crippen molar-refractivity contribution in [3.05, 3.63) is 58.9 Å². The van der Waals surface area contributed by atoms with Crippen LogP contribution in [0.2, 0.25) is 0 Å². The largest absolute Gasteiger partial charge is 0.477 e. The van der Waals surface area contributed by atoms with Crippen molar-refractivity contribution in [2.24, 2.45) is 0 Å². The van der Waals surface area contributed by atoms with Gasteiger partial charge >= 0.3 is 5.97 Å². The molecule has 0 spiro atoms. The molecule has 1 aromatic heterocycles. The number of carbonyl (C=O) groups is 2. The van der Waals surface area contributed by atoms with E-state index in [9.17, 15) is 14.7 Å². The SMILES string of the molecule is CCc1ccc(Cn2cc(C(C)=O)cc2C(=O)O)cc1. The number of nitrogens with zero attached hydrogens (tertiary/aromatic N) is 1. The third-order valence-corrected chi connectivity index (χ3v) is 3.31. The molecule has 104 valence electrons. The Morgan fingerprint density at radius 1 is 1.15 bits per heavy atom. The number of rotatable bonds is 5. The first-order valence-corrected chi connectivity index (χ1v) is 6.53. The molecule has 2 rings (SSSR count). The first-order valence-electron chi connectivity index (χ1n) is 6.53. The quantitative estimate of drug-likeness (QED) is 0.850. The number of carboxylic acids is 1. The van der Waals surface area contributed by atoms with Gasteiger partial charge in [0.25, 0.3) is 0 Å². The first kappa shape index (κ1) is 14.1. The van der Waals surface area contributed by atoms with E-state index in [-0.39, 0.29) is 11.5 Å². The predicted octanol–water partition coefficient (Wildman–Crippen LogP) is 3.00. The Kier molecular flexibility index (Phi) is 4.03. The molecule has 0 aliphatic rings. The second kappa shape index (κ2) is 5.74. The predicted molar refractivity (Wildman–Crippen MR) is 76.3 cm³/mol. The average molecular weight is 271 g/mol. The Labute approximate surface area is 117 Å². The van der Waals surface area contributed by atoms with Crippen LogP contribution >= 0.6 is 0 Å². The zero-order valence-electron chi connectivity index (χ0n) is 11.6. The average Bonchev–Trinajstić information content (AvgIpc) is 2.84. The van der Waals surface area contributed by atoms with Crippen LogP contribution in [0.4, 0.5) is 0 Å². The number of aromatic carboxylic acids is 1. The number of hydrogen-bond acceptors (Lipinski definition) is 2. The molecule has 0 atom stereocenters. The van der Waals surface area contributed by atoms with Crippen LogP contribution in [-0.4, -0.2) is 21.4 Å². The van der Waals surface area contributed by atoms with Crippen LogP contribution in [-0.2, 0) is 13.0 Å². The van der Waals surface area contributed by atoms with Crippen molar-refractivity contribution in [3.63, 3.8) is 0 Å². The topological polar surface area (TPSA) is 59.3 Å². The van der Waals surface area contributed by atoms with Crippen molar-refractivity contribution in [2.75, 3.05) is 0 Å². The minimum Gasteiger partial charge on any atom is -0.477 e. The maximum Gasteiger partial charge on any atom is 0.352 e. The van der Waals surface area contributed by atoms with Crippen molar-refractivity contribution in [1.82, 2.24) is 4.57 Å². The van der Waals surface area contributed by atoms with Gasteiger partial charge in [0.1, 0.15) is 5.69 Å². The molecule has 4 heteroatoms. The van der Waals surface area contributed by atoms with Crippen molar-refractivity contribution < 1.29 is 14.7 Å². The summed E-state index contributed by atoms with van der Waals surface area (Å²) in [6, 6.07) is 9.46. The first-order chi connectivity index (χ1) is 9.51. The van der Waals surface area contributed by atoms with Gasteiger partial charge in [0, 0.05) is 18.3 Å². The fourth-order valence-electron chi connectivity index (χ4n) is 2.09. The number of carboxylic acid groups (broad SMARTS) is 1. The molecule has 1 aromatic carbocycles. The highest BCUT2D eigenvalue weighted by molar-refractivity contribution is 5.97. The molecule has 0 amide bonds. The number of aromatic nitrogens is 1. The van der Waals surface area contributed by atoms with E-state index in [4.69, 9.17) is 0 Å². The second-order valence-corrected chi connectivity index (χ2v) is 4.77. The minimum atomic E-state index is -1.03. The van der Waals surface area contributed by atoms with E-state index in [1.165, 1.54) is 18.6 Å². The molecule has 0 bridgehead atoms. The molecule has 2 aromatic rings. The summed E-state index contributed by atoms with van der Waals surface area (Å²) in [5.41, 5.74) is 2.81. The summed E-state index contributed by atoms with van der Waals surface area (Å²) in [5.74, 6) is -1.16. The van der Waals surface area contributed by atoms with Gasteiger partial charge in [0.2, 0.25) is 0 Å². The minimum absolute atomic E-state index is 0.132. The smallest absolute Gasteiger partial charge is 0.352 e. The summed E-state index contributed by atoms with van der Waals surface area (Å²) >= 11 is 0. The van der Waals surface area contributed by atoms with E-state index in [0.717, 1.165) is 12.0 Å². The van der Waals surface area contributed by atoms with Gasteiger partial charge in [-0.3, -0.25) is 4.79 Å². The molecule has 0 fully saturated rings. The van der Waals surface area contributed by atoms with Crippen LogP contribution in [0.5, 0.6) is 0 Å². The number of Topliss-reactive ketones (excluding diaryl/α,β-unsaturated/α-hetero) is 1. The highest BCUT2D eigenvalue weighted by Gasteiger charge is 2.14. The van der Waals surface area contributed by atoms with E-state index in [1.807, 2.05) is 24.3 Å². The summed E-state index contributed by atoms with van der Waals surface area (Å²) in [5, 5.41) is 9.19. The molecule has 1 heterocycles. The van der Waals surface area contributed by atoms with E-state index in [0.29, 0.717) is 12.1 Å². The number of benzene rings is 1. The van der Waals surface area contributed by atoms with Gasteiger partial charge in [-0.25, -0.2) is 4.79 Å². The summed E-state index contributed by atoms with van der Waals surface area (Å²) in [6.07, 6.45) is 2.57. The number of hydrogen-bond donors (Lipinski definition) is 1. The van der Waals surface area contributed by atoms with Gasteiger partial charge in [0.05, 0.1) is 0 Å². The second-order valence-electron chi connectivity index (χ2n) is 4.77. The van der Waals surface area contributed by atoms with E-state index < -0.39 is 5.97 Å². The van der Waals surface area contributed by atoms with Crippen LogP contribution in [0, 0.1) is 0 Å². The fourth-order valence-corrected chi connectivity index (χ4v) is 2.09. The maximum atomic E-state index is 11.4. The van der Waals surface area contributed by atoms with Gasteiger partial charge in [-0.05, 0) is 30.5 Å². The van der Waals surface area contributed by atoms with Crippen molar-refractivity contribution in [2.45, 2.75) is 26.8 Å². The van der Waals surface area contributed by atoms with E-state index in [1.54, 1.807) is 10.8 Å². The van der Waals surface area contributed by atoms with Gasteiger partial charge in [-0.2, -0.15) is 0 Å². The molecule has 20 heavy (non-hydrogen) atoms.